The standard InChI is InChI=1S/C12H24O/c1-3-5-7-8-9-11-12(13)10-6-4-2/h3,12-13H,1,4-11H2,2H3. The number of aliphatic hydroxyl groups excluding tert-OH is 1. The first-order valence-electron chi connectivity index (χ1n) is 5.60. The summed E-state index contributed by atoms with van der Waals surface area (Å²) in [4.78, 5) is 0. The molecule has 1 atom stereocenters. The van der Waals surface area contributed by atoms with Crippen LogP contribution in [0.4, 0.5) is 0 Å². The molecule has 0 heterocycles. The first-order valence-corrected chi connectivity index (χ1v) is 5.60. The zero-order valence-electron chi connectivity index (χ0n) is 8.97. The molecule has 0 aromatic heterocycles. The van der Waals surface area contributed by atoms with Gasteiger partial charge in [0, 0.05) is 0 Å². The fraction of sp³-hybridized carbons (Fsp3) is 0.833. The Kier molecular flexibility index (Phi) is 9.56. The van der Waals surface area contributed by atoms with Crippen LogP contribution in [-0.2, 0) is 0 Å². The van der Waals surface area contributed by atoms with Crippen LogP contribution in [-0.4, -0.2) is 11.2 Å². The van der Waals surface area contributed by atoms with E-state index in [4.69, 9.17) is 0 Å². The van der Waals surface area contributed by atoms with Crippen LogP contribution in [0, 0.1) is 0 Å². The van der Waals surface area contributed by atoms with E-state index in [1.807, 2.05) is 6.08 Å². The molecule has 0 aliphatic rings. The van der Waals surface area contributed by atoms with Crippen LogP contribution in [0.5, 0.6) is 0 Å². The highest BCUT2D eigenvalue weighted by molar-refractivity contribution is 4.65. The van der Waals surface area contributed by atoms with Crippen LogP contribution in [0.25, 0.3) is 0 Å². The molecule has 0 amide bonds. The second-order valence-electron chi connectivity index (χ2n) is 3.72. The Morgan fingerprint density at radius 3 is 2.46 bits per heavy atom. The van der Waals surface area contributed by atoms with E-state index >= 15 is 0 Å². The molecule has 0 radical (unpaired) electrons. The largest absolute Gasteiger partial charge is 0.393 e. The minimum absolute atomic E-state index is 0.0521. The van der Waals surface area contributed by atoms with Gasteiger partial charge in [-0.25, -0.2) is 0 Å². The van der Waals surface area contributed by atoms with Crippen molar-refractivity contribution in [2.45, 2.75) is 64.4 Å². The third-order valence-corrected chi connectivity index (χ3v) is 2.34. The molecule has 0 aromatic carbocycles. The number of allylic oxidation sites excluding steroid dienone is 1. The van der Waals surface area contributed by atoms with E-state index in [9.17, 15) is 5.11 Å². The quantitative estimate of drug-likeness (QED) is 0.428. The Balaban J connectivity index is 3.07. The first kappa shape index (κ1) is 12.7. The van der Waals surface area contributed by atoms with E-state index in [1.54, 1.807) is 0 Å². The fourth-order valence-corrected chi connectivity index (χ4v) is 1.43. The van der Waals surface area contributed by atoms with Gasteiger partial charge >= 0.3 is 0 Å². The minimum Gasteiger partial charge on any atom is -0.393 e. The average molecular weight is 184 g/mol. The van der Waals surface area contributed by atoms with Crippen molar-refractivity contribution < 1.29 is 5.11 Å². The molecule has 0 saturated heterocycles. The summed E-state index contributed by atoms with van der Waals surface area (Å²) in [7, 11) is 0. The predicted octanol–water partition coefficient (Wildman–Crippen LogP) is 3.67. The Labute approximate surface area is 82.9 Å². The molecule has 0 fully saturated rings. The Bertz CT molecular complexity index is 110. The lowest BCUT2D eigenvalue weighted by Gasteiger charge is -2.08. The highest BCUT2D eigenvalue weighted by Gasteiger charge is 2.01. The average Bonchev–Trinajstić information content (AvgIpc) is 2.14. The number of unbranched alkanes of at least 4 members (excludes halogenated alkanes) is 4. The van der Waals surface area contributed by atoms with Crippen molar-refractivity contribution in [1.82, 2.24) is 0 Å². The van der Waals surface area contributed by atoms with Crippen molar-refractivity contribution in [3.05, 3.63) is 12.7 Å². The molecule has 1 N–H and O–H groups in total. The molecule has 0 bridgehead atoms. The van der Waals surface area contributed by atoms with E-state index in [0.29, 0.717) is 0 Å². The van der Waals surface area contributed by atoms with E-state index in [-0.39, 0.29) is 6.10 Å². The van der Waals surface area contributed by atoms with E-state index in [0.717, 1.165) is 25.7 Å². The van der Waals surface area contributed by atoms with Gasteiger partial charge in [0.15, 0.2) is 0 Å². The fourth-order valence-electron chi connectivity index (χ4n) is 1.43. The van der Waals surface area contributed by atoms with Crippen LogP contribution < -0.4 is 0 Å². The van der Waals surface area contributed by atoms with Gasteiger partial charge in [0.05, 0.1) is 6.10 Å². The molecule has 0 aromatic rings. The molecule has 1 heteroatoms. The molecule has 0 aliphatic carbocycles. The lowest BCUT2D eigenvalue weighted by Crippen LogP contribution is -2.05. The van der Waals surface area contributed by atoms with E-state index in [2.05, 4.69) is 13.5 Å². The van der Waals surface area contributed by atoms with Crippen molar-refractivity contribution >= 4 is 0 Å². The topological polar surface area (TPSA) is 20.2 Å². The highest BCUT2D eigenvalue weighted by atomic mass is 16.3. The van der Waals surface area contributed by atoms with Crippen LogP contribution in [0.15, 0.2) is 12.7 Å². The number of rotatable bonds is 9. The summed E-state index contributed by atoms with van der Waals surface area (Å²) in [5.74, 6) is 0. The maximum absolute atomic E-state index is 9.52. The number of hydrogen-bond donors (Lipinski definition) is 1. The summed E-state index contributed by atoms with van der Waals surface area (Å²) in [6.45, 7) is 5.85. The van der Waals surface area contributed by atoms with Crippen LogP contribution in [0.3, 0.4) is 0 Å². The van der Waals surface area contributed by atoms with Crippen molar-refractivity contribution in [1.29, 1.82) is 0 Å². The Morgan fingerprint density at radius 2 is 1.85 bits per heavy atom. The highest BCUT2D eigenvalue weighted by Crippen LogP contribution is 2.10. The number of hydrogen-bond acceptors (Lipinski definition) is 1. The summed E-state index contributed by atoms with van der Waals surface area (Å²) in [5.41, 5.74) is 0. The summed E-state index contributed by atoms with van der Waals surface area (Å²) >= 11 is 0. The molecule has 1 nitrogen and oxygen atoms in total. The Hall–Kier alpha value is -0.300. The summed E-state index contributed by atoms with van der Waals surface area (Å²) < 4.78 is 0. The molecular weight excluding hydrogens is 160 g/mol. The zero-order valence-corrected chi connectivity index (χ0v) is 8.97. The third kappa shape index (κ3) is 9.62. The second kappa shape index (κ2) is 9.79. The van der Waals surface area contributed by atoms with Gasteiger partial charge < -0.3 is 5.11 Å². The molecule has 13 heavy (non-hydrogen) atoms. The van der Waals surface area contributed by atoms with Gasteiger partial charge in [-0.05, 0) is 25.7 Å². The van der Waals surface area contributed by atoms with Crippen LogP contribution in [0.1, 0.15) is 58.3 Å². The monoisotopic (exact) mass is 184 g/mol. The smallest absolute Gasteiger partial charge is 0.0540 e. The third-order valence-electron chi connectivity index (χ3n) is 2.34. The summed E-state index contributed by atoms with van der Waals surface area (Å²) in [6, 6.07) is 0. The molecule has 0 rings (SSSR count). The molecule has 0 spiro atoms. The van der Waals surface area contributed by atoms with Gasteiger partial charge in [-0.1, -0.05) is 38.7 Å². The molecule has 1 unspecified atom stereocenters. The van der Waals surface area contributed by atoms with Gasteiger partial charge in [0.2, 0.25) is 0 Å². The van der Waals surface area contributed by atoms with E-state index in [1.165, 1.54) is 25.7 Å². The van der Waals surface area contributed by atoms with Gasteiger partial charge in [0.25, 0.3) is 0 Å². The predicted molar refractivity (Wildman–Crippen MR) is 58.8 cm³/mol. The Morgan fingerprint density at radius 1 is 1.15 bits per heavy atom. The van der Waals surface area contributed by atoms with Crippen LogP contribution >= 0.6 is 0 Å². The maximum Gasteiger partial charge on any atom is 0.0540 e. The second-order valence-corrected chi connectivity index (χ2v) is 3.72. The SMILES string of the molecule is C=CCCCCCC(O)CCCC. The summed E-state index contributed by atoms with van der Waals surface area (Å²) in [6.07, 6.45) is 11.0. The van der Waals surface area contributed by atoms with Gasteiger partial charge in [-0.15, -0.1) is 6.58 Å². The van der Waals surface area contributed by atoms with Crippen molar-refractivity contribution in [3.63, 3.8) is 0 Å². The first-order chi connectivity index (χ1) is 6.31. The molecule has 0 aliphatic heterocycles. The lowest BCUT2D eigenvalue weighted by atomic mass is 10.0. The number of aliphatic hydroxyl groups is 1. The summed E-state index contributed by atoms with van der Waals surface area (Å²) in [5, 5.41) is 9.52. The van der Waals surface area contributed by atoms with Gasteiger partial charge in [-0.2, -0.15) is 0 Å². The maximum atomic E-state index is 9.52. The van der Waals surface area contributed by atoms with Gasteiger partial charge in [-0.3, -0.25) is 0 Å². The normalized spacial score (nSPS) is 12.8. The molecule has 0 saturated carbocycles. The zero-order chi connectivity index (χ0) is 9.94. The van der Waals surface area contributed by atoms with Crippen molar-refractivity contribution in [2.24, 2.45) is 0 Å². The minimum atomic E-state index is -0.0521. The van der Waals surface area contributed by atoms with Crippen molar-refractivity contribution in [2.75, 3.05) is 0 Å². The van der Waals surface area contributed by atoms with Gasteiger partial charge in [0.1, 0.15) is 0 Å². The van der Waals surface area contributed by atoms with E-state index < -0.39 is 0 Å². The lowest BCUT2D eigenvalue weighted by molar-refractivity contribution is 0.148. The molecular formula is C12H24O. The van der Waals surface area contributed by atoms with Crippen molar-refractivity contribution in [3.8, 4) is 0 Å². The van der Waals surface area contributed by atoms with Crippen LogP contribution in [0.2, 0.25) is 0 Å². The molecule has 78 valence electrons.